The predicted molar refractivity (Wildman–Crippen MR) is 100 cm³/mol. The monoisotopic (exact) mass is 371 g/mol. The lowest BCUT2D eigenvalue weighted by Gasteiger charge is -2.29. The molecule has 1 fully saturated rings. The lowest BCUT2D eigenvalue weighted by molar-refractivity contribution is 0.293. The molecule has 1 aromatic heterocycles. The zero-order valence-electron chi connectivity index (χ0n) is 14.6. The van der Waals surface area contributed by atoms with Gasteiger partial charge in [-0.05, 0) is 61.7 Å². The summed E-state index contributed by atoms with van der Waals surface area (Å²) in [4.78, 5) is 4.88. The number of hydrogen-bond acceptors (Lipinski definition) is 5. The van der Waals surface area contributed by atoms with Crippen molar-refractivity contribution in [3.8, 4) is 0 Å². The molecule has 26 heavy (non-hydrogen) atoms. The summed E-state index contributed by atoms with van der Waals surface area (Å²) in [5.74, 6) is 0.843. The van der Waals surface area contributed by atoms with E-state index in [1.54, 1.807) is 24.3 Å². The second-order valence-electron chi connectivity index (χ2n) is 6.77. The first-order valence-corrected chi connectivity index (χ1v) is 10.1. The van der Waals surface area contributed by atoms with Crippen molar-refractivity contribution in [1.29, 1.82) is 0 Å². The third kappa shape index (κ3) is 3.08. The summed E-state index contributed by atoms with van der Waals surface area (Å²) in [5, 5.41) is 0. The second kappa shape index (κ2) is 6.41. The Kier molecular flexibility index (Phi) is 4.20. The van der Waals surface area contributed by atoms with Crippen molar-refractivity contribution in [2.45, 2.75) is 30.6 Å². The molecule has 0 spiro atoms. The van der Waals surface area contributed by atoms with Crippen LogP contribution in [-0.2, 0) is 10.0 Å². The lowest BCUT2D eigenvalue weighted by Crippen LogP contribution is -2.37. The van der Waals surface area contributed by atoms with E-state index in [0.717, 1.165) is 16.7 Å². The first-order valence-electron chi connectivity index (χ1n) is 8.66. The van der Waals surface area contributed by atoms with Gasteiger partial charge in [-0.2, -0.15) is 4.31 Å². The van der Waals surface area contributed by atoms with Gasteiger partial charge in [0.1, 0.15) is 5.52 Å². The van der Waals surface area contributed by atoms with Gasteiger partial charge in [0.25, 0.3) is 0 Å². The van der Waals surface area contributed by atoms with Crippen LogP contribution in [0.15, 0.2) is 51.8 Å². The van der Waals surface area contributed by atoms with Crippen molar-refractivity contribution in [2.24, 2.45) is 0 Å². The summed E-state index contributed by atoms with van der Waals surface area (Å²) in [6, 6.07) is 12.3. The van der Waals surface area contributed by atoms with E-state index in [1.165, 1.54) is 4.31 Å². The molecular weight excluding hydrogens is 350 g/mol. The number of oxazole rings is 1. The molecule has 0 radical (unpaired) electrons. The fourth-order valence-electron chi connectivity index (χ4n) is 3.36. The van der Waals surface area contributed by atoms with Gasteiger partial charge in [0, 0.05) is 24.7 Å². The Morgan fingerprint density at radius 1 is 1.12 bits per heavy atom. The Morgan fingerprint density at radius 3 is 2.50 bits per heavy atom. The molecule has 1 aliphatic rings. The molecule has 0 atom stereocenters. The lowest BCUT2D eigenvalue weighted by atomic mass is 9.98. The zero-order chi connectivity index (χ0) is 18.3. The molecule has 2 heterocycles. The highest BCUT2D eigenvalue weighted by molar-refractivity contribution is 7.89. The number of benzene rings is 2. The number of piperidine rings is 1. The minimum absolute atomic E-state index is 0.139. The number of rotatable bonds is 3. The van der Waals surface area contributed by atoms with Gasteiger partial charge in [-0.15, -0.1) is 0 Å². The molecule has 2 aromatic carbocycles. The fraction of sp³-hybridized carbons (Fsp3) is 0.316. The molecular formula is C19H21N3O3S. The minimum Gasteiger partial charge on any atom is -0.440 e. The smallest absolute Gasteiger partial charge is 0.243 e. The van der Waals surface area contributed by atoms with Crippen molar-refractivity contribution in [2.75, 3.05) is 18.8 Å². The van der Waals surface area contributed by atoms with Crippen LogP contribution in [0.25, 0.3) is 11.1 Å². The minimum atomic E-state index is -3.49. The molecule has 6 nitrogen and oxygen atoms in total. The van der Waals surface area contributed by atoms with Gasteiger partial charge < -0.3 is 10.2 Å². The van der Waals surface area contributed by atoms with E-state index in [9.17, 15) is 8.42 Å². The Morgan fingerprint density at radius 2 is 1.81 bits per heavy atom. The number of hydrogen-bond donors (Lipinski definition) is 1. The van der Waals surface area contributed by atoms with Crippen LogP contribution in [0, 0.1) is 6.92 Å². The van der Waals surface area contributed by atoms with Gasteiger partial charge in [0.2, 0.25) is 10.0 Å². The Hall–Kier alpha value is -2.38. The number of anilines is 1. The van der Waals surface area contributed by atoms with Crippen LogP contribution in [0.4, 0.5) is 5.69 Å². The van der Waals surface area contributed by atoms with Crippen LogP contribution >= 0.6 is 0 Å². The van der Waals surface area contributed by atoms with Gasteiger partial charge in [0.05, 0.1) is 4.90 Å². The van der Waals surface area contributed by atoms with E-state index < -0.39 is 10.0 Å². The van der Waals surface area contributed by atoms with Crippen LogP contribution < -0.4 is 5.73 Å². The number of fused-ring (bicyclic) bond motifs is 1. The van der Waals surface area contributed by atoms with Gasteiger partial charge >= 0.3 is 0 Å². The number of nitrogen functional groups attached to an aromatic ring is 1. The fourth-order valence-corrected chi connectivity index (χ4v) is 4.83. The number of nitrogens with two attached hydrogens (primary N) is 1. The van der Waals surface area contributed by atoms with E-state index in [4.69, 9.17) is 10.2 Å². The predicted octanol–water partition coefficient (Wildman–Crippen LogP) is 3.29. The first-order chi connectivity index (χ1) is 12.4. The molecule has 0 saturated carbocycles. The molecule has 1 saturated heterocycles. The average Bonchev–Trinajstić information content (AvgIpc) is 3.05. The van der Waals surface area contributed by atoms with E-state index in [2.05, 4.69) is 4.98 Å². The molecule has 1 aliphatic heterocycles. The van der Waals surface area contributed by atoms with Crippen molar-refractivity contribution in [3.05, 3.63) is 53.9 Å². The standard InChI is InChI=1S/C19H21N3O3S/c1-13-2-7-18-17(12-13)21-19(25-18)14-8-10-22(11-9-14)26(23,24)16-5-3-15(20)4-6-16/h2-7,12,14H,8-11,20H2,1H3. The van der Waals surface area contributed by atoms with Crippen molar-refractivity contribution in [1.82, 2.24) is 9.29 Å². The Labute approximate surface area is 152 Å². The van der Waals surface area contributed by atoms with Crippen LogP contribution in [-0.4, -0.2) is 30.8 Å². The summed E-state index contributed by atoms with van der Waals surface area (Å²) >= 11 is 0. The third-order valence-corrected chi connectivity index (χ3v) is 6.79. The molecule has 0 bridgehead atoms. The number of nitrogens with zero attached hydrogens (tertiary/aromatic N) is 2. The third-order valence-electron chi connectivity index (χ3n) is 4.88. The molecule has 136 valence electrons. The van der Waals surface area contributed by atoms with Gasteiger partial charge in [-0.1, -0.05) is 6.07 Å². The van der Waals surface area contributed by atoms with Gasteiger partial charge in [0.15, 0.2) is 11.5 Å². The van der Waals surface area contributed by atoms with Gasteiger partial charge in [-0.3, -0.25) is 0 Å². The number of aryl methyl sites for hydroxylation is 1. The maximum Gasteiger partial charge on any atom is 0.243 e. The Balaban J connectivity index is 1.50. The summed E-state index contributed by atoms with van der Waals surface area (Å²) in [5.41, 5.74) is 8.98. The Bertz CT molecular complexity index is 1030. The molecule has 0 unspecified atom stereocenters. The zero-order valence-corrected chi connectivity index (χ0v) is 15.4. The molecule has 2 N–H and O–H groups in total. The summed E-state index contributed by atoms with van der Waals surface area (Å²) in [6.07, 6.45) is 1.39. The first kappa shape index (κ1) is 17.1. The average molecular weight is 371 g/mol. The molecule has 0 aliphatic carbocycles. The maximum atomic E-state index is 12.8. The molecule has 0 amide bonds. The maximum absolute atomic E-state index is 12.8. The SMILES string of the molecule is Cc1ccc2oc(C3CCN(S(=O)(=O)c4ccc(N)cc4)CC3)nc2c1. The molecule has 3 aromatic rings. The van der Waals surface area contributed by atoms with Crippen molar-refractivity contribution >= 4 is 26.8 Å². The largest absolute Gasteiger partial charge is 0.440 e. The van der Waals surface area contributed by atoms with E-state index in [1.807, 2.05) is 25.1 Å². The van der Waals surface area contributed by atoms with Crippen LogP contribution in [0.3, 0.4) is 0 Å². The molecule has 7 heteroatoms. The molecule has 4 rings (SSSR count). The van der Waals surface area contributed by atoms with E-state index in [-0.39, 0.29) is 10.8 Å². The highest BCUT2D eigenvalue weighted by Crippen LogP contribution is 2.32. The highest BCUT2D eigenvalue weighted by Gasteiger charge is 2.31. The topological polar surface area (TPSA) is 89.4 Å². The summed E-state index contributed by atoms with van der Waals surface area (Å²) in [6.45, 7) is 2.93. The van der Waals surface area contributed by atoms with E-state index in [0.29, 0.717) is 37.5 Å². The van der Waals surface area contributed by atoms with Crippen LogP contribution in [0.1, 0.15) is 30.2 Å². The van der Waals surface area contributed by atoms with Crippen molar-refractivity contribution in [3.63, 3.8) is 0 Å². The second-order valence-corrected chi connectivity index (χ2v) is 8.71. The van der Waals surface area contributed by atoms with Crippen LogP contribution in [0.5, 0.6) is 0 Å². The normalized spacial score (nSPS) is 17.0. The summed E-state index contributed by atoms with van der Waals surface area (Å²) < 4.78 is 33.0. The summed E-state index contributed by atoms with van der Waals surface area (Å²) in [7, 11) is -3.49. The quantitative estimate of drug-likeness (QED) is 0.714. The van der Waals surface area contributed by atoms with E-state index >= 15 is 0 Å². The highest BCUT2D eigenvalue weighted by atomic mass is 32.2. The number of aromatic nitrogens is 1. The van der Waals surface area contributed by atoms with Crippen LogP contribution in [0.2, 0.25) is 0 Å². The van der Waals surface area contributed by atoms with Crippen molar-refractivity contribution < 1.29 is 12.8 Å². The van der Waals surface area contributed by atoms with Gasteiger partial charge in [-0.25, -0.2) is 13.4 Å². The number of sulfonamides is 1.